The highest BCUT2D eigenvalue weighted by atomic mass is 16.5. The molecule has 0 aromatic heterocycles. The standard InChI is InChI=1S/C19H34N2O3/c1-4-16-9-8-15(3)17(13-16)14-19(23,10-6-7-18(20)22)11-12-21(24)5-2/h8,13,16,23-24H,4-7,9-12,14H2,1-3H3,(H2,20,22)/t16-,19+/m1/s1. The Bertz CT molecular complexity index is 473. The molecule has 1 amide bonds. The zero-order valence-electron chi connectivity index (χ0n) is 15.4. The van der Waals surface area contributed by atoms with Crippen molar-refractivity contribution in [3.05, 3.63) is 23.3 Å². The highest BCUT2D eigenvalue weighted by Crippen LogP contribution is 2.34. The van der Waals surface area contributed by atoms with Crippen LogP contribution in [-0.2, 0) is 4.79 Å². The van der Waals surface area contributed by atoms with Gasteiger partial charge in [0.15, 0.2) is 0 Å². The number of hydroxylamine groups is 2. The lowest BCUT2D eigenvalue weighted by molar-refractivity contribution is -0.118. The summed E-state index contributed by atoms with van der Waals surface area (Å²) in [5.41, 5.74) is 6.71. The normalized spacial score (nSPS) is 20.5. The van der Waals surface area contributed by atoms with Gasteiger partial charge in [0.1, 0.15) is 0 Å². The van der Waals surface area contributed by atoms with E-state index in [2.05, 4.69) is 26.0 Å². The Balaban J connectivity index is 2.80. The van der Waals surface area contributed by atoms with Crippen LogP contribution in [0.15, 0.2) is 23.3 Å². The summed E-state index contributed by atoms with van der Waals surface area (Å²) >= 11 is 0. The van der Waals surface area contributed by atoms with E-state index in [1.165, 1.54) is 16.2 Å². The minimum absolute atomic E-state index is 0.282. The second-order valence-electron chi connectivity index (χ2n) is 7.00. The minimum Gasteiger partial charge on any atom is -0.389 e. The van der Waals surface area contributed by atoms with Crippen LogP contribution >= 0.6 is 0 Å². The van der Waals surface area contributed by atoms with Crippen LogP contribution in [0.5, 0.6) is 0 Å². The fourth-order valence-corrected chi connectivity index (χ4v) is 3.17. The van der Waals surface area contributed by atoms with Gasteiger partial charge in [-0.2, -0.15) is 5.06 Å². The molecule has 0 saturated carbocycles. The van der Waals surface area contributed by atoms with Gasteiger partial charge >= 0.3 is 0 Å². The van der Waals surface area contributed by atoms with Crippen LogP contribution in [0.25, 0.3) is 0 Å². The molecule has 5 heteroatoms. The van der Waals surface area contributed by atoms with Crippen molar-refractivity contribution in [3.63, 3.8) is 0 Å². The average Bonchev–Trinajstić information content (AvgIpc) is 2.54. The summed E-state index contributed by atoms with van der Waals surface area (Å²) in [6.45, 7) is 7.07. The van der Waals surface area contributed by atoms with Gasteiger partial charge < -0.3 is 16.0 Å². The van der Waals surface area contributed by atoms with Gasteiger partial charge in [-0.05, 0) is 50.5 Å². The monoisotopic (exact) mass is 338 g/mol. The first-order chi connectivity index (χ1) is 11.3. The Labute approximate surface area is 146 Å². The maximum Gasteiger partial charge on any atom is 0.217 e. The predicted octanol–water partition coefficient (Wildman–Crippen LogP) is 3.17. The van der Waals surface area contributed by atoms with E-state index >= 15 is 0 Å². The molecule has 0 aliphatic heterocycles. The van der Waals surface area contributed by atoms with E-state index in [-0.39, 0.29) is 12.3 Å². The lowest BCUT2D eigenvalue weighted by atomic mass is 9.80. The van der Waals surface area contributed by atoms with Gasteiger partial charge in [-0.1, -0.05) is 31.6 Å². The topological polar surface area (TPSA) is 86.8 Å². The first kappa shape index (κ1) is 20.9. The predicted molar refractivity (Wildman–Crippen MR) is 96.5 cm³/mol. The van der Waals surface area contributed by atoms with Crippen LogP contribution in [0.1, 0.15) is 65.7 Å². The number of nitrogens with zero attached hydrogens (tertiary/aromatic N) is 1. The number of amides is 1. The Kier molecular flexibility index (Phi) is 8.67. The molecule has 2 atom stereocenters. The van der Waals surface area contributed by atoms with Crippen LogP contribution in [0.3, 0.4) is 0 Å². The molecular weight excluding hydrogens is 304 g/mol. The van der Waals surface area contributed by atoms with Crippen molar-refractivity contribution in [1.82, 2.24) is 5.06 Å². The molecule has 1 aliphatic carbocycles. The number of allylic oxidation sites excluding steroid dienone is 3. The second kappa shape index (κ2) is 9.97. The molecule has 0 spiro atoms. The zero-order chi connectivity index (χ0) is 18.2. The summed E-state index contributed by atoms with van der Waals surface area (Å²) < 4.78 is 0. The average molecular weight is 338 g/mol. The molecule has 5 nitrogen and oxygen atoms in total. The van der Waals surface area contributed by atoms with Gasteiger partial charge in [-0.3, -0.25) is 4.79 Å². The maximum absolute atomic E-state index is 11.1. The Morgan fingerprint density at radius 1 is 1.42 bits per heavy atom. The molecule has 24 heavy (non-hydrogen) atoms. The van der Waals surface area contributed by atoms with Crippen LogP contribution in [-0.4, -0.2) is 40.0 Å². The van der Waals surface area contributed by atoms with E-state index in [1.807, 2.05) is 6.92 Å². The SMILES string of the molecule is CC[C@H]1C=C(C[C@](O)(CCCC(N)=O)CCN(O)CC)C(C)=CC1. The van der Waals surface area contributed by atoms with Crippen LogP contribution in [0, 0.1) is 5.92 Å². The van der Waals surface area contributed by atoms with Crippen molar-refractivity contribution in [2.45, 2.75) is 71.3 Å². The lowest BCUT2D eigenvalue weighted by Crippen LogP contribution is -2.35. The van der Waals surface area contributed by atoms with Gasteiger partial charge in [0.05, 0.1) is 5.60 Å². The summed E-state index contributed by atoms with van der Waals surface area (Å²) in [6, 6.07) is 0. The highest BCUT2D eigenvalue weighted by molar-refractivity contribution is 5.73. The van der Waals surface area contributed by atoms with E-state index < -0.39 is 5.60 Å². The van der Waals surface area contributed by atoms with Gasteiger partial charge in [-0.15, -0.1) is 0 Å². The van der Waals surface area contributed by atoms with E-state index in [1.54, 1.807) is 0 Å². The summed E-state index contributed by atoms with van der Waals surface area (Å²) in [5.74, 6) is 0.192. The number of nitrogens with two attached hydrogens (primary N) is 1. The minimum atomic E-state index is -0.928. The van der Waals surface area contributed by atoms with Crippen molar-refractivity contribution in [1.29, 1.82) is 0 Å². The highest BCUT2D eigenvalue weighted by Gasteiger charge is 2.29. The van der Waals surface area contributed by atoms with Gasteiger partial charge in [-0.25, -0.2) is 0 Å². The first-order valence-corrected chi connectivity index (χ1v) is 9.12. The smallest absolute Gasteiger partial charge is 0.217 e. The van der Waals surface area contributed by atoms with Gasteiger partial charge in [0.25, 0.3) is 0 Å². The van der Waals surface area contributed by atoms with Crippen molar-refractivity contribution < 1.29 is 15.1 Å². The van der Waals surface area contributed by atoms with Crippen LogP contribution < -0.4 is 5.73 Å². The largest absolute Gasteiger partial charge is 0.389 e. The molecule has 0 aromatic rings. The molecule has 0 unspecified atom stereocenters. The Hall–Kier alpha value is -1.17. The molecule has 0 aromatic carbocycles. The summed E-state index contributed by atoms with van der Waals surface area (Å²) in [4.78, 5) is 11.0. The molecule has 0 bridgehead atoms. The number of aliphatic hydroxyl groups is 1. The molecule has 0 radical (unpaired) electrons. The number of hydrogen-bond donors (Lipinski definition) is 3. The zero-order valence-corrected chi connectivity index (χ0v) is 15.4. The first-order valence-electron chi connectivity index (χ1n) is 9.12. The summed E-state index contributed by atoms with van der Waals surface area (Å²) in [7, 11) is 0. The van der Waals surface area contributed by atoms with Crippen molar-refractivity contribution >= 4 is 5.91 Å². The van der Waals surface area contributed by atoms with Crippen molar-refractivity contribution in [3.8, 4) is 0 Å². The number of primary amides is 1. The number of carbonyl (C=O) groups excluding carboxylic acids is 1. The molecule has 0 fully saturated rings. The molecule has 0 saturated heterocycles. The number of hydrogen-bond acceptors (Lipinski definition) is 4. The quantitative estimate of drug-likeness (QED) is 0.505. The van der Waals surface area contributed by atoms with Crippen molar-refractivity contribution in [2.24, 2.45) is 11.7 Å². The molecule has 1 rings (SSSR count). The molecular formula is C19H34N2O3. The lowest BCUT2D eigenvalue weighted by Gasteiger charge is -2.32. The van der Waals surface area contributed by atoms with E-state index in [0.29, 0.717) is 44.7 Å². The fraction of sp³-hybridized carbons (Fsp3) is 0.737. The summed E-state index contributed by atoms with van der Waals surface area (Å²) in [6.07, 6.45) is 9.07. The summed E-state index contributed by atoms with van der Waals surface area (Å²) in [5, 5.41) is 22.0. The molecule has 4 N–H and O–H groups in total. The number of rotatable bonds is 11. The van der Waals surface area contributed by atoms with Crippen LogP contribution in [0.4, 0.5) is 0 Å². The van der Waals surface area contributed by atoms with E-state index in [0.717, 1.165) is 12.8 Å². The van der Waals surface area contributed by atoms with Crippen molar-refractivity contribution in [2.75, 3.05) is 13.1 Å². The second-order valence-corrected chi connectivity index (χ2v) is 7.00. The third-order valence-corrected chi connectivity index (χ3v) is 4.98. The van der Waals surface area contributed by atoms with Gasteiger partial charge in [0, 0.05) is 25.9 Å². The fourth-order valence-electron chi connectivity index (χ4n) is 3.17. The number of carbonyl (C=O) groups is 1. The molecule has 138 valence electrons. The van der Waals surface area contributed by atoms with E-state index in [4.69, 9.17) is 5.73 Å². The maximum atomic E-state index is 11.1. The third kappa shape index (κ3) is 7.16. The van der Waals surface area contributed by atoms with Crippen LogP contribution in [0.2, 0.25) is 0 Å². The third-order valence-electron chi connectivity index (χ3n) is 4.98. The Morgan fingerprint density at radius 2 is 2.12 bits per heavy atom. The molecule has 1 aliphatic rings. The van der Waals surface area contributed by atoms with E-state index in [9.17, 15) is 15.1 Å². The van der Waals surface area contributed by atoms with Gasteiger partial charge in [0.2, 0.25) is 5.91 Å². The Morgan fingerprint density at radius 3 is 2.71 bits per heavy atom. The molecule has 0 heterocycles.